The van der Waals surface area contributed by atoms with E-state index in [4.69, 9.17) is 4.74 Å². The van der Waals surface area contributed by atoms with Gasteiger partial charge in [0.2, 0.25) is 0 Å². The van der Waals surface area contributed by atoms with Crippen LogP contribution < -0.4 is 4.98 Å². The molecule has 0 aliphatic heterocycles. The zero-order valence-electron chi connectivity index (χ0n) is 13.2. The van der Waals surface area contributed by atoms with Gasteiger partial charge in [-0.05, 0) is 32.9 Å². The van der Waals surface area contributed by atoms with Crippen molar-refractivity contribution in [1.29, 1.82) is 0 Å². The van der Waals surface area contributed by atoms with Crippen LogP contribution >= 0.6 is 0 Å². The molecule has 4 nitrogen and oxygen atoms in total. The summed E-state index contributed by atoms with van der Waals surface area (Å²) in [6.07, 6.45) is 4.95. The van der Waals surface area contributed by atoms with E-state index in [0.717, 1.165) is 11.3 Å². The summed E-state index contributed by atoms with van der Waals surface area (Å²) in [5.41, 5.74) is 1.24. The van der Waals surface area contributed by atoms with Crippen LogP contribution in [0.4, 0.5) is 0 Å². The zero-order chi connectivity index (χ0) is 15.4. The highest BCUT2D eigenvalue weighted by molar-refractivity contribution is 6.74. The minimum absolute atomic E-state index is 0.338. The van der Waals surface area contributed by atoms with Crippen LogP contribution in [0.2, 0.25) is 19.6 Å². The summed E-state index contributed by atoms with van der Waals surface area (Å²) in [6.45, 7) is 12.1. The largest absolute Gasteiger partial charge is 0.457 e. The number of nitrogens with zero attached hydrogens (tertiary/aromatic N) is 1. The first kappa shape index (κ1) is 16.4. The van der Waals surface area contributed by atoms with Crippen molar-refractivity contribution in [2.45, 2.75) is 46.0 Å². The molecule has 0 saturated carbocycles. The number of aromatic nitrogens is 1. The van der Waals surface area contributed by atoms with Crippen molar-refractivity contribution in [3.63, 3.8) is 0 Å². The monoisotopic (exact) mass is 292 g/mol. The Morgan fingerprint density at radius 3 is 2.25 bits per heavy atom. The van der Waals surface area contributed by atoms with E-state index in [9.17, 15) is 4.79 Å². The molecular formula is C15H24N2O2Si. The second kappa shape index (κ2) is 6.22. The van der Waals surface area contributed by atoms with Crippen LogP contribution in [0, 0.1) is 0 Å². The van der Waals surface area contributed by atoms with Gasteiger partial charge in [-0.25, -0.2) is 4.79 Å². The molecule has 1 rings (SSSR count). The quantitative estimate of drug-likeness (QED) is 0.526. The summed E-state index contributed by atoms with van der Waals surface area (Å²) in [7, 11) is -1.58. The Kier molecular flexibility index (Phi) is 5.11. The standard InChI is InChI=1S/C15H24N2O2Si/c1-15(2,3)19-14(18)11-13(17-20(4,5)6)12-7-9-16-10-8-12/h7-11,17H,1-6H3/b13-11+. The second-order valence-electron chi connectivity index (χ2n) is 6.70. The van der Waals surface area contributed by atoms with Crippen molar-refractivity contribution in [1.82, 2.24) is 9.97 Å². The van der Waals surface area contributed by atoms with Gasteiger partial charge < -0.3 is 9.72 Å². The van der Waals surface area contributed by atoms with E-state index in [1.54, 1.807) is 12.4 Å². The first-order valence-electron chi connectivity index (χ1n) is 6.70. The molecular weight excluding hydrogens is 268 g/mol. The van der Waals surface area contributed by atoms with Gasteiger partial charge in [-0.2, -0.15) is 0 Å². The molecule has 0 fully saturated rings. The van der Waals surface area contributed by atoms with Gasteiger partial charge in [0, 0.05) is 29.7 Å². The number of pyridine rings is 1. The van der Waals surface area contributed by atoms with Crippen LogP contribution in [0.1, 0.15) is 26.3 Å². The summed E-state index contributed by atoms with van der Waals surface area (Å²) >= 11 is 0. The molecule has 0 atom stereocenters. The molecule has 0 saturated heterocycles. The maximum atomic E-state index is 12.0. The molecule has 1 N–H and O–H groups in total. The lowest BCUT2D eigenvalue weighted by molar-refractivity contribution is -0.148. The number of hydrogen-bond acceptors (Lipinski definition) is 4. The molecule has 1 aromatic rings. The molecule has 0 aliphatic rings. The summed E-state index contributed by atoms with van der Waals surface area (Å²) in [4.78, 5) is 19.5. The Morgan fingerprint density at radius 2 is 1.80 bits per heavy atom. The number of hydrogen-bond donors (Lipinski definition) is 1. The van der Waals surface area contributed by atoms with Gasteiger partial charge in [0.15, 0.2) is 0 Å². The van der Waals surface area contributed by atoms with Crippen molar-refractivity contribution in [2.24, 2.45) is 0 Å². The lowest BCUT2D eigenvalue weighted by Crippen LogP contribution is -2.40. The van der Waals surface area contributed by atoms with Crippen LogP contribution in [0.15, 0.2) is 30.6 Å². The fraction of sp³-hybridized carbons (Fsp3) is 0.467. The Morgan fingerprint density at radius 1 is 1.25 bits per heavy atom. The normalized spacial score (nSPS) is 13.0. The molecule has 0 unspecified atom stereocenters. The predicted molar refractivity (Wildman–Crippen MR) is 84.5 cm³/mol. The Bertz CT molecular complexity index is 485. The van der Waals surface area contributed by atoms with Crippen LogP contribution in [0.3, 0.4) is 0 Å². The summed E-state index contributed by atoms with van der Waals surface area (Å²) in [5, 5.41) is 0. The molecule has 0 aliphatic carbocycles. The van der Waals surface area contributed by atoms with Gasteiger partial charge in [-0.15, -0.1) is 0 Å². The summed E-state index contributed by atoms with van der Waals surface area (Å²) in [6, 6.07) is 3.76. The van der Waals surface area contributed by atoms with Crippen LogP contribution in [-0.2, 0) is 9.53 Å². The number of ether oxygens (including phenoxy) is 1. The molecule has 0 bridgehead atoms. The van der Waals surface area contributed by atoms with Gasteiger partial charge in [-0.1, -0.05) is 19.6 Å². The minimum atomic E-state index is -1.58. The molecule has 5 heteroatoms. The maximum Gasteiger partial charge on any atom is 0.333 e. The molecule has 1 heterocycles. The van der Waals surface area contributed by atoms with Gasteiger partial charge in [-0.3, -0.25) is 4.98 Å². The minimum Gasteiger partial charge on any atom is -0.457 e. The average molecular weight is 292 g/mol. The predicted octanol–water partition coefficient (Wildman–Crippen LogP) is 3.19. The molecule has 110 valence electrons. The molecule has 1 aromatic heterocycles. The first-order chi connectivity index (χ1) is 9.07. The van der Waals surface area contributed by atoms with E-state index in [-0.39, 0.29) is 5.97 Å². The third kappa shape index (κ3) is 6.52. The van der Waals surface area contributed by atoms with E-state index in [2.05, 4.69) is 29.6 Å². The highest BCUT2D eigenvalue weighted by Crippen LogP contribution is 2.15. The van der Waals surface area contributed by atoms with E-state index < -0.39 is 13.8 Å². The fourth-order valence-electron chi connectivity index (χ4n) is 1.58. The zero-order valence-corrected chi connectivity index (χ0v) is 14.2. The second-order valence-corrected chi connectivity index (χ2v) is 11.5. The van der Waals surface area contributed by atoms with Gasteiger partial charge >= 0.3 is 5.97 Å². The Balaban J connectivity index is 3.02. The van der Waals surface area contributed by atoms with Gasteiger partial charge in [0.1, 0.15) is 13.8 Å². The fourth-order valence-corrected chi connectivity index (χ4v) is 2.60. The molecule has 0 aromatic carbocycles. The SMILES string of the molecule is CC(C)(C)OC(=O)/C=C(/N[Si](C)(C)C)c1ccncc1. The van der Waals surface area contributed by atoms with Crippen molar-refractivity contribution in [3.8, 4) is 0 Å². The van der Waals surface area contributed by atoms with Crippen molar-refractivity contribution >= 4 is 19.9 Å². The highest BCUT2D eigenvalue weighted by atomic mass is 28.3. The third-order valence-corrected chi connectivity index (χ3v) is 3.19. The summed E-state index contributed by atoms with van der Waals surface area (Å²) < 4.78 is 5.35. The van der Waals surface area contributed by atoms with Crippen molar-refractivity contribution < 1.29 is 9.53 Å². The number of carbonyl (C=O) groups is 1. The number of rotatable bonds is 4. The van der Waals surface area contributed by atoms with Gasteiger partial charge in [0.25, 0.3) is 0 Å². The van der Waals surface area contributed by atoms with Crippen LogP contribution in [0.5, 0.6) is 0 Å². The molecule has 0 amide bonds. The molecule has 20 heavy (non-hydrogen) atoms. The first-order valence-corrected chi connectivity index (χ1v) is 10.2. The summed E-state index contributed by atoms with van der Waals surface area (Å²) in [5.74, 6) is -0.338. The van der Waals surface area contributed by atoms with Crippen LogP contribution in [0.25, 0.3) is 5.70 Å². The van der Waals surface area contributed by atoms with E-state index in [1.165, 1.54) is 6.08 Å². The lowest BCUT2D eigenvalue weighted by Gasteiger charge is -2.23. The number of esters is 1. The lowest BCUT2D eigenvalue weighted by atomic mass is 10.2. The van der Waals surface area contributed by atoms with Crippen molar-refractivity contribution in [2.75, 3.05) is 0 Å². The Labute approximate surface area is 122 Å². The average Bonchev–Trinajstić information content (AvgIpc) is 2.25. The van der Waals surface area contributed by atoms with E-state index >= 15 is 0 Å². The van der Waals surface area contributed by atoms with Gasteiger partial charge in [0.05, 0.1) is 0 Å². The van der Waals surface area contributed by atoms with Crippen molar-refractivity contribution in [3.05, 3.63) is 36.2 Å². The highest BCUT2D eigenvalue weighted by Gasteiger charge is 2.19. The third-order valence-electron chi connectivity index (χ3n) is 2.17. The molecule has 0 radical (unpaired) electrons. The number of nitrogens with one attached hydrogen (secondary N) is 1. The number of carbonyl (C=O) groups excluding carboxylic acids is 1. The smallest absolute Gasteiger partial charge is 0.333 e. The van der Waals surface area contributed by atoms with E-state index in [0.29, 0.717) is 0 Å². The Hall–Kier alpha value is -1.62. The maximum absolute atomic E-state index is 12.0. The van der Waals surface area contributed by atoms with Crippen LogP contribution in [-0.4, -0.2) is 24.8 Å². The molecule has 0 spiro atoms. The van der Waals surface area contributed by atoms with E-state index in [1.807, 2.05) is 32.9 Å². The topological polar surface area (TPSA) is 51.2 Å².